The van der Waals surface area contributed by atoms with E-state index in [1.165, 1.54) is 11.1 Å². The van der Waals surface area contributed by atoms with Crippen LogP contribution >= 0.6 is 0 Å². The lowest BCUT2D eigenvalue weighted by atomic mass is 10.0. The van der Waals surface area contributed by atoms with Gasteiger partial charge in [0.05, 0.1) is 11.0 Å². The van der Waals surface area contributed by atoms with Gasteiger partial charge in [0.15, 0.2) is 0 Å². The molecule has 2 aromatic carbocycles. The highest BCUT2D eigenvalue weighted by molar-refractivity contribution is 5.82. The van der Waals surface area contributed by atoms with Crippen LogP contribution in [-0.4, -0.2) is 28.0 Å². The minimum absolute atomic E-state index is 0.0493. The van der Waals surface area contributed by atoms with Crippen LogP contribution in [0.5, 0.6) is 0 Å². The van der Waals surface area contributed by atoms with E-state index in [4.69, 9.17) is 4.98 Å². The van der Waals surface area contributed by atoms with Gasteiger partial charge in [-0.15, -0.1) is 0 Å². The fraction of sp³-hybridized carbons (Fsp3) is 0.391. The molecule has 1 aromatic heterocycles. The number of nitrogens with zero attached hydrogens (tertiary/aromatic N) is 2. The smallest absolute Gasteiger partial charge is 0.238 e. The Hall–Kier alpha value is -2.70. The molecule has 4 rings (SSSR count). The lowest BCUT2D eigenvalue weighted by Gasteiger charge is -2.14. The van der Waals surface area contributed by atoms with Gasteiger partial charge in [-0.2, -0.15) is 0 Å². The normalized spacial score (nSPS) is 19.1. The standard InChI is InChI=1S/C23H29N5O/c1-16(2)28-21-12-7-6-11-18(21)25-22(28)13-8-14-24-23(29)20-15-19(26-27-20)17-9-4-3-5-10-17/h3-7,9-12,16,19-20,26-27H,8,13-15H2,1-2H3,(H,24,29). The van der Waals surface area contributed by atoms with Crippen molar-refractivity contribution in [1.29, 1.82) is 0 Å². The number of para-hydroxylation sites is 2. The zero-order chi connectivity index (χ0) is 20.2. The summed E-state index contributed by atoms with van der Waals surface area (Å²) < 4.78 is 2.30. The molecule has 3 aromatic rings. The monoisotopic (exact) mass is 391 g/mol. The van der Waals surface area contributed by atoms with Crippen LogP contribution < -0.4 is 16.2 Å². The molecule has 1 fully saturated rings. The van der Waals surface area contributed by atoms with E-state index in [1.54, 1.807) is 0 Å². The van der Waals surface area contributed by atoms with Crippen LogP contribution in [0.15, 0.2) is 54.6 Å². The maximum absolute atomic E-state index is 12.5. The predicted molar refractivity (Wildman–Crippen MR) is 115 cm³/mol. The summed E-state index contributed by atoms with van der Waals surface area (Å²) in [6.45, 7) is 5.01. The molecule has 6 nitrogen and oxygen atoms in total. The third kappa shape index (κ3) is 4.33. The van der Waals surface area contributed by atoms with E-state index in [0.717, 1.165) is 30.6 Å². The van der Waals surface area contributed by atoms with Gasteiger partial charge in [-0.1, -0.05) is 42.5 Å². The number of nitrogens with one attached hydrogen (secondary N) is 3. The second kappa shape index (κ2) is 8.76. The molecule has 1 amide bonds. The maximum Gasteiger partial charge on any atom is 0.238 e. The Labute approximate surface area is 171 Å². The number of fused-ring (bicyclic) bond motifs is 1. The summed E-state index contributed by atoms with van der Waals surface area (Å²) in [5.74, 6) is 1.13. The molecule has 1 saturated heterocycles. The highest BCUT2D eigenvalue weighted by atomic mass is 16.2. The first-order chi connectivity index (χ1) is 14.1. The van der Waals surface area contributed by atoms with Gasteiger partial charge in [0.1, 0.15) is 11.9 Å². The van der Waals surface area contributed by atoms with Gasteiger partial charge in [-0.3, -0.25) is 4.79 Å². The summed E-state index contributed by atoms with van der Waals surface area (Å²) >= 11 is 0. The van der Waals surface area contributed by atoms with Crippen LogP contribution in [0, 0.1) is 0 Å². The molecule has 2 atom stereocenters. The lowest BCUT2D eigenvalue weighted by Crippen LogP contribution is -2.43. The van der Waals surface area contributed by atoms with Crippen LogP contribution in [0.4, 0.5) is 0 Å². The molecule has 1 aliphatic heterocycles. The van der Waals surface area contributed by atoms with E-state index in [9.17, 15) is 4.79 Å². The van der Waals surface area contributed by atoms with Gasteiger partial charge in [-0.25, -0.2) is 15.8 Å². The Kier molecular flexibility index (Phi) is 5.92. The zero-order valence-electron chi connectivity index (χ0n) is 17.1. The predicted octanol–water partition coefficient (Wildman–Crippen LogP) is 3.27. The molecule has 0 aliphatic carbocycles. The second-order valence-electron chi connectivity index (χ2n) is 7.92. The van der Waals surface area contributed by atoms with Gasteiger partial charge in [0.25, 0.3) is 0 Å². The Bertz CT molecular complexity index is 966. The number of imidazole rings is 1. The summed E-state index contributed by atoms with van der Waals surface area (Å²) in [4.78, 5) is 17.3. The summed E-state index contributed by atoms with van der Waals surface area (Å²) in [6.07, 6.45) is 2.46. The third-order valence-electron chi connectivity index (χ3n) is 5.48. The molecule has 2 heterocycles. The molecule has 0 saturated carbocycles. The van der Waals surface area contributed by atoms with Gasteiger partial charge >= 0.3 is 0 Å². The van der Waals surface area contributed by atoms with E-state index in [2.05, 4.69) is 64.9 Å². The van der Waals surface area contributed by atoms with Crippen molar-refractivity contribution >= 4 is 16.9 Å². The van der Waals surface area contributed by atoms with Crippen molar-refractivity contribution in [3.63, 3.8) is 0 Å². The largest absolute Gasteiger partial charge is 0.355 e. The van der Waals surface area contributed by atoms with Crippen LogP contribution in [-0.2, 0) is 11.2 Å². The molecule has 2 unspecified atom stereocenters. The average Bonchev–Trinajstić information content (AvgIpc) is 3.36. The first kappa shape index (κ1) is 19.6. The van der Waals surface area contributed by atoms with Gasteiger partial charge in [0, 0.05) is 25.0 Å². The van der Waals surface area contributed by atoms with Gasteiger partial charge < -0.3 is 9.88 Å². The van der Waals surface area contributed by atoms with Gasteiger partial charge in [0.2, 0.25) is 5.91 Å². The Morgan fingerprint density at radius 3 is 2.69 bits per heavy atom. The number of hydrogen-bond donors (Lipinski definition) is 3. The Morgan fingerprint density at radius 2 is 1.90 bits per heavy atom. The van der Waals surface area contributed by atoms with Crippen LogP contribution in [0.25, 0.3) is 11.0 Å². The number of aryl methyl sites for hydroxylation is 1. The van der Waals surface area contributed by atoms with Crippen molar-refractivity contribution in [3.8, 4) is 0 Å². The molecule has 0 bridgehead atoms. The van der Waals surface area contributed by atoms with Crippen molar-refractivity contribution in [2.24, 2.45) is 0 Å². The number of benzene rings is 2. The lowest BCUT2D eigenvalue weighted by molar-refractivity contribution is -0.122. The first-order valence-electron chi connectivity index (χ1n) is 10.4. The average molecular weight is 392 g/mol. The molecule has 6 heteroatoms. The molecule has 0 spiro atoms. The van der Waals surface area contributed by atoms with Crippen LogP contribution in [0.2, 0.25) is 0 Å². The second-order valence-corrected chi connectivity index (χ2v) is 7.92. The fourth-order valence-corrected chi connectivity index (χ4v) is 4.06. The number of carbonyl (C=O) groups excluding carboxylic acids is 1. The molecular formula is C23H29N5O. The topological polar surface area (TPSA) is 71.0 Å². The van der Waals surface area contributed by atoms with E-state index in [1.807, 2.05) is 24.3 Å². The summed E-state index contributed by atoms with van der Waals surface area (Å²) in [7, 11) is 0. The van der Waals surface area contributed by atoms with Crippen molar-refractivity contribution in [3.05, 3.63) is 66.0 Å². The first-order valence-corrected chi connectivity index (χ1v) is 10.4. The zero-order valence-corrected chi connectivity index (χ0v) is 17.1. The molecule has 0 radical (unpaired) electrons. The minimum atomic E-state index is -0.208. The third-order valence-corrected chi connectivity index (χ3v) is 5.48. The number of hydrazine groups is 1. The highest BCUT2D eigenvalue weighted by Gasteiger charge is 2.29. The molecule has 152 valence electrons. The number of aromatic nitrogens is 2. The molecule has 1 aliphatic rings. The van der Waals surface area contributed by atoms with E-state index < -0.39 is 0 Å². The van der Waals surface area contributed by atoms with Crippen molar-refractivity contribution in [2.75, 3.05) is 6.54 Å². The molecule has 3 N–H and O–H groups in total. The number of hydrogen-bond acceptors (Lipinski definition) is 4. The van der Waals surface area contributed by atoms with Crippen molar-refractivity contribution in [2.45, 2.75) is 51.2 Å². The van der Waals surface area contributed by atoms with Crippen molar-refractivity contribution in [1.82, 2.24) is 25.7 Å². The Balaban J connectivity index is 1.28. The number of carbonyl (C=O) groups is 1. The Morgan fingerprint density at radius 1 is 1.14 bits per heavy atom. The van der Waals surface area contributed by atoms with Crippen LogP contribution in [0.1, 0.15) is 50.2 Å². The SMILES string of the molecule is CC(C)n1c(CCCNC(=O)C2CC(c3ccccc3)NN2)nc2ccccc21. The van der Waals surface area contributed by atoms with Crippen molar-refractivity contribution < 1.29 is 4.79 Å². The van der Waals surface area contributed by atoms with Crippen LogP contribution in [0.3, 0.4) is 0 Å². The summed E-state index contributed by atoms with van der Waals surface area (Å²) in [6, 6.07) is 18.8. The number of amides is 1. The minimum Gasteiger partial charge on any atom is -0.355 e. The van der Waals surface area contributed by atoms with E-state index >= 15 is 0 Å². The maximum atomic E-state index is 12.5. The molecular weight excluding hydrogens is 362 g/mol. The fourth-order valence-electron chi connectivity index (χ4n) is 4.06. The van der Waals surface area contributed by atoms with E-state index in [0.29, 0.717) is 12.6 Å². The van der Waals surface area contributed by atoms with E-state index in [-0.39, 0.29) is 18.0 Å². The highest BCUT2D eigenvalue weighted by Crippen LogP contribution is 2.23. The quantitative estimate of drug-likeness (QED) is 0.541. The number of rotatable bonds is 7. The van der Waals surface area contributed by atoms with Gasteiger partial charge in [-0.05, 0) is 44.4 Å². The summed E-state index contributed by atoms with van der Waals surface area (Å²) in [5, 5.41) is 3.07. The molecule has 29 heavy (non-hydrogen) atoms. The summed E-state index contributed by atoms with van der Waals surface area (Å²) in [5.41, 5.74) is 9.77.